The van der Waals surface area contributed by atoms with Gasteiger partial charge in [-0.1, -0.05) is 44.2 Å². The number of thioether (sulfide) groups is 1. The third kappa shape index (κ3) is 3.99. The SMILES string of the molecule is CC(C)=CSc1ccc(C(C)(C)C)cc1Br. The molecule has 0 atom stereocenters. The van der Waals surface area contributed by atoms with E-state index in [2.05, 4.69) is 74.2 Å². The van der Waals surface area contributed by atoms with Crippen LogP contribution in [0.1, 0.15) is 40.2 Å². The molecule has 1 aromatic rings. The van der Waals surface area contributed by atoms with Gasteiger partial charge in [0.05, 0.1) is 0 Å². The maximum absolute atomic E-state index is 3.64. The van der Waals surface area contributed by atoms with E-state index in [-0.39, 0.29) is 5.41 Å². The second kappa shape index (κ2) is 5.42. The first-order valence-corrected chi connectivity index (χ1v) is 7.08. The van der Waals surface area contributed by atoms with Gasteiger partial charge in [-0.05, 0) is 58.3 Å². The van der Waals surface area contributed by atoms with Gasteiger partial charge in [-0.25, -0.2) is 0 Å². The van der Waals surface area contributed by atoms with Crippen LogP contribution in [0, 0.1) is 0 Å². The monoisotopic (exact) mass is 298 g/mol. The zero-order chi connectivity index (χ0) is 12.3. The zero-order valence-corrected chi connectivity index (χ0v) is 13.0. The lowest BCUT2D eigenvalue weighted by atomic mass is 9.87. The van der Waals surface area contributed by atoms with Gasteiger partial charge >= 0.3 is 0 Å². The van der Waals surface area contributed by atoms with Crippen molar-refractivity contribution in [3.8, 4) is 0 Å². The van der Waals surface area contributed by atoms with Crippen molar-refractivity contribution < 1.29 is 0 Å². The maximum atomic E-state index is 3.64. The molecule has 0 nitrogen and oxygen atoms in total. The third-order valence-corrected chi connectivity index (χ3v) is 4.34. The molecule has 0 aliphatic heterocycles. The molecule has 0 bridgehead atoms. The third-order valence-electron chi connectivity index (χ3n) is 2.22. The fraction of sp³-hybridized carbons (Fsp3) is 0.429. The highest BCUT2D eigenvalue weighted by molar-refractivity contribution is 9.10. The van der Waals surface area contributed by atoms with E-state index in [1.165, 1.54) is 20.5 Å². The van der Waals surface area contributed by atoms with Crippen LogP contribution in [0.25, 0.3) is 0 Å². The molecule has 0 aliphatic carbocycles. The standard InChI is InChI=1S/C14H19BrS/c1-10(2)9-16-13-7-6-11(8-12(13)15)14(3,4)5/h6-9H,1-5H3. The molecule has 1 rings (SSSR count). The second-order valence-corrected chi connectivity index (χ2v) is 6.97. The van der Waals surface area contributed by atoms with Crippen molar-refractivity contribution in [3.63, 3.8) is 0 Å². The number of benzene rings is 1. The van der Waals surface area contributed by atoms with Crippen LogP contribution in [0.2, 0.25) is 0 Å². The molecule has 0 fully saturated rings. The van der Waals surface area contributed by atoms with Gasteiger partial charge < -0.3 is 0 Å². The minimum Gasteiger partial charge on any atom is -0.0970 e. The Balaban J connectivity index is 2.97. The van der Waals surface area contributed by atoms with Crippen molar-refractivity contribution in [2.24, 2.45) is 0 Å². The molecule has 0 saturated heterocycles. The smallest absolute Gasteiger partial charge is 0.0317 e. The second-order valence-electron chi connectivity index (χ2n) is 5.21. The van der Waals surface area contributed by atoms with Crippen molar-refractivity contribution in [3.05, 3.63) is 39.2 Å². The molecule has 1 aromatic carbocycles. The lowest BCUT2D eigenvalue weighted by Crippen LogP contribution is -2.10. The average molecular weight is 299 g/mol. The topological polar surface area (TPSA) is 0 Å². The predicted molar refractivity (Wildman–Crippen MR) is 78.1 cm³/mol. The average Bonchev–Trinajstić information content (AvgIpc) is 2.14. The van der Waals surface area contributed by atoms with Gasteiger partial charge in [0.2, 0.25) is 0 Å². The van der Waals surface area contributed by atoms with Gasteiger partial charge in [-0.3, -0.25) is 0 Å². The number of allylic oxidation sites excluding steroid dienone is 1. The summed E-state index contributed by atoms with van der Waals surface area (Å²) in [7, 11) is 0. The highest BCUT2D eigenvalue weighted by Gasteiger charge is 2.14. The molecule has 88 valence electrons. The van der Waals surface area contributed by atoms with Gasteiger partial charge in [0.1, 0.15) is 0 Å². The van der Waals surface area contributed by atoms with Crippen molar-refractivity contribution in [1.29, 1.82) is 0 Å². The number of halogens is 1. The molecule has 16 heavy (non-hydrogen) atoms. The minimum atomic E-state index is 0.211. The number of hydrogen-bond donors (Lipinski definition) is 0. The van der Waals surface area contributed by atoms with E-state index in [1.807, 2.05) is 0 Å². The lowest BCUT2D eigenvalue weighted by Gasteiger charge is -2.19. The van der Waals surface area contributed by atoms with Crippen LogP contribution >= 0.6 is 27.7 Å². The van der Waals surface area contributed by atoms with Crippen LogP contribution in [0.4, 0.5) is 0 Å². The van der Waals surface area contributed by atoms with E-state index in [4.69, 9.17) is 0 Å². The quantitative estimate of drug-likeness (QED) is 0.625. The largest absolute Gasteiger partial charge is 0.0970 e. The Hall–Kier alpha value is -0.210. The van der Waals surface area contributed by atoms with Gasteiger partial charge in [0.25, 0.3) is 0 Å². The van der Waals surface area contributed by atoms with Crippen LogP contribution in [0.15, 0.2) is 38.5 Å². The van der Waals surface area contributed by atoms with E-state index in [1.54, 1.807) is 11.8 Å². The maximum Gasteiger partial charge on any atom is 0.0317 e. The first-order chi connectivity index (χ1) is 7.30. The molecule has 0 radical (unpaired) electrons. The zero-order valence-electron chi connectivity index (χ0n) is 10.6. The summed E-state index contributed by atoms with van der Waals surface area (Å²) in [6.45, 7) is 10.9. The molecule has 0 aromatic heterocycles. The molecule has 2 heteroatoms. The van der Waals surface area contributed by atoms with Crippen LogP contribution < -0.4 is 0 Å². The van der Waals surface area contributed by atoms with Gasteiger partial charge in [-0.15, -0.1) is 0 Å². The van der Waals surface area contributed by atoms with Crippen molar-refractivity contribution in [1.82, 2.24) is 0 Å². The van der Waals surface area contributed by atoms with Crippen LogP contribution in [0.5, 0.6) is 0 Å². The molecule has 0 saturated carbocycles. The first-order valence-electron chi connectivity index (χ1n) is 5.41. The Bertz CT molecular complexity index is 396. The van der Waals surface area contributed by atoms with Crippen LogP contribution in [-0.2, 0) is 5.41 Å². The molecular formula is C14H19BrS. The van der Waals surface area contributed by atoms with Crippen LogP contribution in [0.3, 0.4) is 0 Å². The lowest BCUT2D eigenvalue weighted by molar-refractivity contribution is 0.589. The van der Waals surface area contributed by atoms with Crippen molar-refractivity contribution in [2.45, 2.75) is 44.9 Å². The Morgan fingerprint density at radius 1 is 1.25 bits per heavy atom. The molecule has 0 unspecified atom stereocenters. The first kappa shape index (κ1) is 13.9. The van der Waals surface area contributed by atoms with Gasteiger partial charge in [0.15, 0.2) is 0 Å². The summed E-state index contributed by atoms with van der Waals surface area (Å²) in [6.07, 6.45) is 0. The highest BCUT2D eigenvalue weighted by Crippen LogP contribution is 2.33. The molecule has 0 amide bonds. The summed E-state index contributed by atoms with van der Waals surface area (Å²) in [5.41, 5.74) is 2.90. The number of hydrogen-bond acceptors (Lipinski definition) is 1. The molecule has 0 heterocycles. The fourth-order valence-electron chi connectivity index (χ4n) is 1.24. The summed E-state index contributed by atoms with van der Waals surface area (Å²) >= 11 is 5.41. The predicted octanol–water partition coefficient (Wildman–Crippen LogP) is 5.76. The van der Waals surface area contributed by atoms with E-state index in [0.29, 0.717) is 0 Å². The molecule has 0 N–H and O–H groups in total. The van der Waals surface area contributed by atoms with E-state index >= 15 is 0 Å². The molecule has 0 spiro atoms. The minimum absolute atomic E-state index is 0.211. The molecular weight excluding hydrogens is 280 g/mol. The summed E-state index contributed by atoms with van der Waals surface area (Å²) in [4.78, 5) is 1.27. The summed E-state index contributed by atoms with van der Waals surface area (Å²) < 4.78 is 1.18. The van der Waals surface area contributed by atoms with Crippen molar-refractivity contribution in [2.75, 3.05) is 0 Å². The summed E-state index contributed by atoms with van der Waals surface area (Å²) in [5.74, 6) is 0. The Morgan fingerprint density at radius 3 is 2.31 bits per heavy atom. The number of rotatable bonds is 2. The molecule has 0 aliphatic rings. The Morgan fingerprint density at radius 2 is 1.88 bits per heavy atom. The van der Waals surface area contributed by atoms with E-state index in [9.17, 15) is 0 Å². The van der Waals surface area contributed by atoms with Gasteiger partial charge in [0, 0.05) is 9.37 Å². The Labute approximate surface area is 112 Å². The summed E-state index contributed by atoms with van der Waals surface area (Å²) in [5, 5.41) is 2.18. The van der Waals surface area contributed by atoms with E-state index < -0.39 is 0 Å². The Kier molecular flexibility index (Phi) is 4.69. The summed E-state index contributed by atoms with van der Waals surface area (Å²) in [6, 6.07) is 6.63. The van der Waals surface area contributed by atoms with Crippen molar-refractivity contribution >= 4 is 27.7 Å². The fourth-order valence-corrected chi connectivity index (χ4v) is 2.58. The highest BCUT2D eigenvalue weighted by atomic mass is 79.9. The van der Waals surface area contributed by atoms with Gasteiger partial charge in [-0.2, -0.15) is 0 Å². The van der Waals surface area contributed by atoms with Crippen LogP contribution in [-0.4, -0.2) is 0 Å². The normalized spacial score (nSPS) is 11.4. The van der Waals surface area contributed by atoms with E-state index in [0.717, 1.165) is 0 Å².